The summed E-state index contributed by atoms with van der Waals surface area (Å²) in [6, 6.07) is 6.29. The van der Waals surface area contributed by atoms with Crippen molar-refractivity contribution in [3.63, 3.8) is 0 Å². The highest BCUT2D eigenvalue weighted by molar-refractivity contribution is 5.33. The fourth-order valence-electron chi connectivity index (χ4n) is 1.33. The highest BCUT2D eigenvalue weighted by atomic mass is 16.6. The average molecular weight is 219 g/mol. The van der Waals surface area contributed by atoms with E-state index in [0.717, 1.165) is 5.56 Å². The maximum Gasteiger partial charge on any atom is 0.269 e. The van der Waals surface area contributed by atoms with Gasteiger partial charge in [0.25, 0.3) is 5.69 Å². The van der Waals surface area contributed by atoms with Crippen molar-refractivity contribution >= 4 is 5.69 Å². The first-order chi connectivity index (χ1) is 7.65. The summed E-state index contributed by atoms with van der Waals surface area (Å²) in [5.41, 5.74) is 0.986. The second kappa shape index (κ2) is 4.09. The van der Waals surface area contributed by atoms with Crippen LogP contribution in [0.5, 0.6) is 0 Å². The number of nitro groups is 1. The second-order valence-electron chi connectivity index (χ2n) is 3.33. The van der Waals surface area contributed by atoms with E-state index in [1.54, 1.807) is 19.1 Å². The van der Waals surface area contributed by atoms with Crippen molar-refractivity contribution in [2.75, 3.05) is 0 Å². The fourth-order valence-corrected chi connectivity index (χ4v) is 1.33. The molecule has 16 heavy (non-hydrogen) atoms. The maximum absolute atomic E-state index is 10.4. The average Bonchev–Trinajstić information content (AvgIpc) is 2.65. The molecule has 0 fully saturated rings. The summed E-state index contributed by atoms with van der Waals surface area (Å²) in [7, 11) is 0. The van der Waals surface area contributed by atoms with E-state index in [2.05, 4.69) is 10.1 Å². The Morgan fingerprint density at radius 1 is 1.38 bits per heavy atom. The summed E-state index contributed by atoms with van der Waals surface area (Å²) >= 11 is 0. The van der Waals surface area contributed by atoms with Crippen LogP contribution in [-0.2, 0) is 6.42 Å². The third-order valence-corrected chi connectivity index (χ3v) is 2.08. The molecule has 0 saturated heterocycles. The molecule has 0 saturated carbocycles. The van der Waals surface area contributed by atoms with Gasteiger partial charge in [0.1, 0.15) is 0 Å². The van der Waals surface area contributed by atoms with E-state index in [4.69, 9.17) is 4.52 Å². The van der Waals surface area contributed by atoms with Crippen LogP contribution in [0.1, 0.15) is 17.3 Å². The van der Waals surface area contributed by atoms with Gasteiger partial charge in [-0.05, 0) is 5.56 Å². The summed E-state index contributed by atoms with van der Waals surface area (Å²) < 4.78 is 4.83. The molecule has 6 heteroatoms. The first kappa shape index (κ1) is 10.3. The first-order valence-corrected chi connectivity index (χ1v) is 4.67. The van der Waals surface area contributed by atoms with Gasteiger partial charge >= 0.3 is 0 Å². The van der Waals surface area contributed by atoms with Gasteiger partial charge in [0.15, 0.2) is 5.82 Å². The van der Waals surface area contributed by atoms with Crippen LogP contribution in [0.3, 0.4) is 0 Å². The number of hydrogen-bond acceptors (Lipinski definition) is 5. The number of aromatic nitrogens is 2. The van der Waals surface area contributed by atoms with Gasteiger partial charge in [0.05, 0.1) is 4.92 Å². The van der Waals surface area contributed by atoms with Gasteiger partial charge in [-0.25, -0.2) is 0 Å². The number of aryl methyl sites for hydroxylation is 1. The molecule has 0 radical (unpaired) electrons. The van der Waals surface area contributed by atoms with Crippen molar-refractivity contribution < 1.29 is 9.45 Å². The molecule has 0 N–H and O–H groups in total. The molecule has 0 spiro atoms. The van der Waals surface area contributed by atoms with E-state index in [-0.39, 0.29) is 5.69 Å². The third-order valence-electron chi connectivity index (χ3n) is 2.08. The molecule has 1 aromatic heterocycles. The molecule has 2 aromatic rings. The highest BCUT2D eigenvalue weighted by Gasteiger charge is 2.06. The van der Waals surface area contributed by atoms with E-state index < -0.39 is 4.92 Å². The van der Waals surface area contributed by atoms with Crippen LogP contribution < -0.4 is 0 Å². The van der Waals surface area contributed by atoms with Gasteiger partial charge in [-0.2, -0.15) is 4.98 Å². The van der Waals surface area contributed by atoms with Crippen LogP contribution in [0.25, 0.3) is 0 Å². The quantitative estimate of drug-likeness (QED) is 0.581. The summed E-state index contributed by atoms with van der Waals surface area (Å²) in [6.45, 7) is 1.71. The minimum absolute atomic E-state index is 0.0769. The SMILES string of the molecule is Cc1nc(Cc2ccc([N+](=O)[O-])cc2)no1. The lowest BCUT2D eigenvalue weighted by Gasteiger charge is -1.96. The Kier molecular flexibility index (Phi) is 2.63. The van der Waals surface area contributed by atoms with Crippen LogP contribution in [0.15, 0.2) is 28.8 Å². The van der Waals surface area contributed by atoms with E-state index in [9.17, 15) is 10.1 Å². The Balaban J connectivity index is 2.14. The number of hydrogen-bond donors (Lipinski definition) is 0. The molecular formula is C10H9N3O3. The van der Waals surface area contributed by atoms with Crippen LogP contribution in [-0.4, -0.2) is 15.1 Å². The summed E-state index contributed by atoms with van der Waals surface area (Å²) in [6.07, 6.45) is 0.509. The lowest BCUT2D eigenvalue weighted by Crippen LogP contribution is -1.92. The van der Waals surface area contributed by atoms with Crippen molar-refractivity contribution in [3.05, 3.63) is 51.7 Å². The van der Waals surface area contributed by atoms with Gasteiger partial charge in [-0.15, -0.1) is 0 Å². The normalized spacial score (nSPS) is 10.3. The number of non-ortho nitro benzene ring substituents is 1. The van der Waals surface area contributed by atoms with Crippen LogP contribution >= 0.6 is 0 Å². The largest absolute Gasteiger partial charge is 0.340 e. The molecule has 0 amide bonds. The Labute approximate surface area is 91.1 Å². The van der Waals surface area contributed by atoms with E-state index in [1.807, 2.05) is 0 Å². The minimum Gasteiger partial charge on any atom is -0.340 e. The van der Waals surface area contributed by atoms with Crippen molar-refractivity contribution in [1.82, 2.24) is 10.1 Å². The number of nitrogens with zero attached hydrogens (tertiary/aromatic N) is 3. The number of benzene rings is 1. The van der Waals surface area contributed by atoms with Crippen molar-refractivity contribution in [2.24, 2.45) is 0 Å². The van der Waals surface area contributed by atoms with Crippen molar-refractivity contribution in [1.29, 1.82) is 0 Å². The molecule has 82 valence electrons. The molecule has 6 nitrogen and oxygen atoms in total. The standard InChI is InChI=1S/C10H9N3O3/c1-7-11-10(12-16-7)6-8-2-4-9(5-3-8)13(14)15/h2-5H,6H2,1H3. The Hall–Kier alpha value is -2.24. The van der Waals surface area contributed by atoms with Crippen molar-refractivity contribution in [2.45, 2.75) is 13.3 Å². The maximum atomic E-state index is 10.4. The molecule has 0 unspecified atom stereocenters. The third kappa shape index (κ3) is 2.22. The van der Waals surface area contributed by atoms with Gasteiger partial charge in [-0.3, -0.25) is 10.1 Å². The number of rotatable bonds is 3. The first-order valence-electron chi connectivity index (χ1n) is 4.67. The van der Waals surface area contributed by atoms with E-state index in [1.165, 1.54) is 12.1 Å². The smallest absolute Gasteiger partial charge is 0.269 e. The van der Waals surface area contributed by atoms with E-state index >= 15 is 0 Å². The Morgan fingerprint density at radius 3 is 2.56 bits per heavy atom. The lowest BCUT2D eigenvalue weighted by molar-refractivity contribution is -0.384. The zero-order valence-electron chi connectivity index (χ0n) is 8.58. The van der Waals surface area contributed by atoms with E-state index in [0.29, 0.717) is 18.1 Å². The molecule has 1 aromatic carbocycles. The summed E-state index contributed by atoms with van der Waals surface area (Å²) in [5.74, 6) is 1.09. The molecule has 0 aliphatic rings. The Bertz CT molecular complexity index is 504. The summed E-state index contributed by atoms with van der Waals surface area (Å²) in [4.78, 5) is 14.1. The molecule has 0 atom stereocenters. The zero-order chi connectivity index (χ0) is 11.5. The molecule has 0 aliphatic heterocycles. The summed E-state index contributed by atoms with van der Waals surface area (Å²) in [5, 5.41) is 14.2. The minimum atomic E-state index is -0.428. The molecule has 2 rings (SSSR count). The second-order valence-corrected chi connectivity index (χ2v) is 3.33. The predicted molar refractivity (Wildman–Crippen MR) is 54.9 cm³/mol. The number of nitro benzene ring substituents is 1. The molecule has 0 aliphatic carbocycles. The van der Waals surface area contributed by atoms with Crippen molar-refractivity contribution in [3.8, 4) is 0 Å². The topological polar surface area (TPSA) is 82.1 Å². The molecule has 0 bridgehead atoms. The van der Waals surface area contributed by atoms with Crippen LogP contribution in [0, 0.1) is 17.0 Å². The molecular weight excluding hydrogens is 210 g/mol. The zero-order valence-corrected chi connectivity index (χ0v) is 8.58. The van der Waals surface area contributed by atoms with Crippen LogP contribution in [0.2, 0.25) is 0 Å². The van der Waals surface area contributed by atoms with Gasteiger partial charge < -0.3 is 4.52 Å². The van der Waals surface area contributed by atoms with Gasteiger partial charge in [0, 0.05) is 25.5 Å². The monoisotopic (exact) mass is 219 g/mol. The van der Waals surface area contributed by atoms with Gasteiger partial charge in [-0.1, -0.05) is 17.3 Å². The van der Waals surface area contributed by atoms with Gasteiger partial charge in [0.2, 0.25) is 5.89 Å². The Morgan fingerprint density at radius 2 is 2.06 bits per heavy atom. The highest BCUT2D eigenvalue weighted by Crippen LogP contribution is 2.13. The predicted octanol–water partition coefficient (Wildman–Crippen LogP) is 1.88. The molecule has 1 heterocycles. The lowest BCUT2D eigenvalue weighted by atomic mass is 10.1. The van der Waals surface area contributed by atoms with Crippen LogP contribution in [0.4, 0.5) is 5.69 Å². The fraction of sp³-hybridized carbons (Fsp3) is 0.200.